The molecule has 0 saturated carbocycles. The highest BCUT2D eigenvalue weighted by atomic mass is 35.7. The molecule has 6 nitrogen and oxygen atoms in total. The number of rotatable bonds is 6. The van der Waals surface area contributed by atoms with Gasteiger partial charge in [0.25, 0.3) is 9.05 Å². The Kier molecular flexibility index (Phi) is 5.37. The third kappa shape index (κ3) is 3.48. The molecule has 0 N–H and O–H groups in total. The van der Waals surface area contributed by atoms with Crippen molar-refractivity contribution in [2.45, 2.75) is 44.7 Å². The Morgan fingerprint density at radius 2 is 2.00 bits per heavy atom. The van der Waals surface area contributed by atoms with Crippen LogP contribution < -0.4 is 0 Å². The average molecular weight is 309 g/mol. The summed E-state index contributed by atoms with van der Waals surface area (Å²) in [6, 6.07) is -0.133. The van der Waals surface area contributed by atoms with Crippen LogP contribution in [0.2, 0.25) is 0 Å². The Morgan fingerprint density at radius 1 is 1.42 bits per heavy atom. The maximum Gasteiger partial charge on any atom is 0.342 e. The van der Waals surface area contributed by atoms with Crippen molar-refractivity contribution < 1.29 is 17.9 Å². The van der Waals surface area contributed by atoms with Crippen LogP contribution >= 0.6 is 10.7 Å². The van der Waals surface area contributed by atoms with Gasteiger partial charge < -0.3 is 4.74 Å². The first-order valence-electron chi connectivity index (χ1n) is 6.06. The molecule has 0 atom stereocenters. The second-order valence-electron chi connectivity index (χ2n) is 3.94. The van der Waals surface area contributed by atoms with Crippen LogP contribution in [0.1, 0.15) is 50.0 Å². The summed E-state index contributed by atoms with van der Waals surface area (Å²) in [6.45, 7) is 5.60. The number of nitrogens with zero attached hydrogens (tertiary/aromatic N) is 2. The van der Waals surface area contributed by atoms with Gasteiger partial charge in [-0.1, -0.05) is 13.8 Å². The molecular weight excluding hydrogens is 292 g/mol. The van der Waals surface area contributed by atoms with Crippen LogP contribution in [0.5, 0.6) is 0 Å². The van der Waals surface area contributed by atoms with E-state index in [-0.39, 0.29) is 23.2 Å². The number of ether oxygens (including phenoxy) is 1. The normalized spacial score (nSPS) is 11.8. The minimum atomic E-state index is -4.08. The second kappa shape index (κ2) is 6.38. The van der Waals surface area contributed by atoms with Crippen molar-refractivity contribution in [2.75, 3.05) is 6.61 Å². The van der Waals surface area contributed by atoms with Gasteiger partial charge in [0.15, 0.2) is 5.03 Å². The third-order valence-electron chi connectivity index (χ3n) is 2.76. The molecule has 0 spiro atoms. The van der Waals surface area contributed by atoms with Crippen LogP contribution in [0.25, 0.3) is 0 Å². The molecule has 1 heterocycles. The van der Waals surface area contributed by atoms with Gasteiger partial charge in [-0.25, -0.2) is 17.9 Å². The highest BCUT2D eigenvalue weighted by Gasteiger charge is 2.29. The first-order chi connectivity index (χ1) is 8.86. The molecule has 0 saturated heterocycles. The predicted octanol–water partition coefficient (Wildman–Crippen LogP) is 2.35. The van der Waals surface area contributed by atoms with Crippen LogP contribution in [0.4, 0.5) is 0 Å². The second-order valence-corrected chi connectivity index (χ2v) is 6.42. The number of esters is 1. The van der Waals surface area contributed by atoms with Crippen molar-refractivity contribution in [3.8, 4) is 0 Å². The van der Waals surface area contributed by atoms with E-state index in [4.69, 9.17) is 15.4 Å². The molecule has 19 heavy (non-hydrogen) atoms. The van der Waals surface area contributed by atoms with Crippen molar-refractivity contribution in [3.63, 3.8) is 0 Å². The first-order valence-corrected chi connectivity index (χ1v) is 8.36. The zero-order chi connectivity index (χ0) is 14.6. The van der Waals surface area contributed by atoms with E-state index in [0.29, 0.717) is 12.8 Å². The predicted molar refractivity (Wildman–Crippen MR) is 70.8 cm³/mol. The first kappa shape index (κ1) is 16.0. The standard InChI is InChI=1S/C11H17ClN2O4S/c1-4-8(5-2)14-10(19(12,16)17)9(7-13-14)11(15)18-6-3/h7-8H,4-6H2,1-3H3. The smallest absolute Gasteiger partial charge is 0.342 e. The molecule has 1 aromatic heterocycles. The molecule has 0 radical (unpaired) electrons. The van der Waals surface area contributed by atoms with Crippen molar-refractivity contribution >= 4 is 25.7 Å². The third-order valence-corrected chi connectivity index (χ3v) is 4.07. The Bertz CT molecular complexity index is 549. The summed E-state index contributed by atoms with van der Waals surface area (Å²) in [5.41, 5.74) is -0.122. The van der Waals surface area contributed by atoms with Crippen LogP contribution in [0.3, 0.4) is 0 Å². The summed E-state index contributed by atoms with van der Waals surface area (Å²) in [5.74, 6) is -0.737. The van der Waals surface area contributed by atoms with Gasteiger partial charge in [-0.3, -0.25) is 0 Å². The van der Waals surface area contributed by atoms with E-state index < -0.39 is 15.0 Å². The molecule has 1 aromatic rings. The van der Waals surface area contributed by atoms with E-state index >= 15 is 0 Å². The van der Waals surface area contributed by atoms with Crippen molar-refractivity contribution in [1.82, 2.24) is 9.78 Å². The van der Waals surface area contributed by atoms with Gasteiger partial charge in [-0.15, -0.1) is 0 Å². The molecule has 8 heteroatoms. The molecular formula is C11H17ClN2O4S. The fourth-order valence-electron chi connectivity index (χ4n) is 1.84. The molecule has 0 fully saturated rings. The Hall–Kier alpha value is -1.08. The van der Waals surface area contributed by atoms with Gasteiger partial charge in [0.05, 0.1) is 18.8 Å². The van der Waals surface area contributed by atoms with Gasteiger partial charge in [0.2, 0.25) is 0 Å². The van der Waals surface area contributed by atoms with Crippen LogP contribution in [-0.4, -0.2) is 30.8 Å². The lowest BCUT2D eigenvalue weighted by atomic mass is 10.2. The molecule has 0 aliphatic carbocycles. The molecule has 0 aliphatic rings. The van der Waals surface area contributed by atoms with Gasteiger partial charge in [0, 0.05) is 10.7 Å². The number of hydrogen-bond acceptors (Lipinski definition) is 5. The minimum absolute atomic E-state index is 0.122. The lowest BCUT2D eigenvalue weighted by Crippen LogP contribution is -2.16. The number of carbonyl (C=O) groups is 1. The topological polar surface area (TPSA) is 78.3 Å². The lowest BCUT2D eigenvalue weighted by molar-refractivity contribution is 0.0521. The number of aromatic nitrogens is 2. The van der Waals surface area contributed by atoms with E-state index in [1.807, 2.05) is 13.8 Å². The summed E-state index contributed by atoms with van der Waals surface area (Å²) >= 11 is 0. The summed E-state index contributed by atoms with van der Waals surface area (Å²) in [5, 5.41) is 3.69. The fourth-order valence-corrected chi connectivity index (χ4v) is 3.12. The van der Waals surface area contributed by atoms with E-state index in [1.54, 1.807) is 6.92 Å². The fraction of sp³-hybridized carbons (Fsp3) is 0.636. The van der Waals surface area contributed by atoms with E-state index in [0.717, 1.165) is 0 Å². The van der Waals surface area contributed by atoms with Gasteiger partial charge >= 0.3 is 5.97 Å². The summed E-state index contributed by atoms with van der Waals surface area (Å²) in [4.78, 5) is 11.7. The van der Waals surface area contributed by atoms with E-state index in [9.17, 15) is 13.2 Å². The largest absolute Gasteiger partial charge is 0.462 e. The lowest BCUT2D eigenvalue weighted by Gasteiger charge is -2.15. The molecule has 0 bridgehead atoms. The zero-order valence-corrected chi connectivity index (χ0v) is 12.7. The molecule has 0 amide bonds. The quantitative estimate of drug-likeness (QED) is 0.595. The highest BCUT2D eigenvalue weighted by Crippen LogP contribution is 2.26. The molecule has 0 unspecified atom stereocenters. The van der Waals surface area contributed by atoms with Crippen molar-refractivity contribution in [3.05, 3.63) is 11.8 Å². The molecule has 1 rings (SSSR count). The maximum absolute atomic E-state index is 11.7. The van der Waals surface area contributed by atoms with E-state index in [1.165, 1.54) is 10.9 Å². The number of halogens is 1. The van der Waals surface area contributed by atoms with Crippen LogP contribution in [0, 0.1) is 0 Å². The number of carbonyl (C=O) groups excluding carboxylic acids is 1. The Balaban J connectivity index is 3.40. The zero-order valence-electron chi connectivity index (χ0n) is 11.1. The Morgan fingerprint density at radius 3 is 2.42 bits per heavy atom. The molecule has 0 aromatic carbocycles. The van der Waals surface area contributed by atoms with Crippen LogP contribution in [0.15, 0.2) is 11.2 Å². The summed E-state index contributed by atoms with van der Waals surface area (Å²) in [7, 11) is 1.34. The monoisotopic (exact) mass is 308 g/mol. The molecule has 0 aliphatic heterocycles. The molecule has 108 valence electrons. The summed E-state index contributed by atoms with van der Waals surface area (Å²) in [6.07, 6.45) is 2.55. The van der Waals surface area contributed by atoms with Gasteiger partial charge in [0.1, 0.15) is 5.56 Å². The van der Waals surface area contributed by atoms with Crippen molar-refractivity contribution in [1.29, 1.82) is 0 Å². The van der Waals surface area contributed by atoms with Gasteiger partial charge in [-0.05, 0) is 19.8 Å². The minimum Gasteiger partial charge on any atom is -0.462 e. The van der Waals surface area contributed by atoms with Crippen molar-refractivity contribution in [2.24, 2.45) is 0 Å². The Labute approximate surface area is 117 Å². The van der Waals surface area contributed by atoms with Crippen LogP contribution in [-0.2, 0) is 13.8 Å². The average Bonchev–Trinajstić information content (AvgIpc) is 2.75. The summed E-state index contributed by atoms with van der Waals surface area (Å²) < 4.78 is 29.5. The van der Waals surface area contributed by atoms with Gasteiger partial charge in [-0.2, -0.15) is 5.10 Å². The highest BCUT2D eigenvalue weighted by molar-refractivity contribution is 8.13. The van der Waals surface area contributed by atoms with E-state index in [2.05, 4.69) is 5.10 Å². The SMILES string of the molecule is CCOC(=O)c1cnn(C(CC)CC)c1S(=O)(=O)Cl. The maximum atomic E-state index is 11.7. The number of hydrogen-bond donors (Lipinski definition) is 0.